The molecule has 0 bridgehead atoms. The predicted octanol–water partition coefficient (Wildman–Crippen LogP) is 5.05. The van der Waals surface area contributed by atoms with E-state index in [0.717, 1.165) is 6.07 Å². The van der Waals surface area contributed by atoms with Crippen LogP contribution in [0.5, 0.6) is 11.5 Å². The van der Waals surface area contributed by atoms with Gasteiger partial charge < -0.3 is 20.5 Å². The first kappa shape index (κ1) is 23.0. The van der Waals surface area contributed by atoms with Crippen molar-refractivity contribution in [1.82, 2.24) is 15.0 Å². The Morgan fingerprint density at radius 2 is 1.71 bits per heavy atom. The second-order valence-corrected chi connectivity index (χ2v) is 9.15. The molecule has 12 nitrogen and oxygen atoms in total. The number of anilines is 3. The molecule has 178 valence electrons. The fraction of sp³-hybridized carbons (Fsp3) is 0.0500. The van der Waals surface area contributed by atoms with Gasteiger partial charge in [0.1, 0.15) is 16.3 Å². The zero-order valence-corrected chi connectivity index (χ0v) is 19.6. The van der Waals surface area contributed by atoms with Gasteiger partial charge in [-0.05, 0) is 53.5 Å². The van der Waals surface area contributed by atoms with Crippen LogP contribution in [-0.4, -0.2) is 34.7 Å². The van der Waals surface area contributed by atoms with E-state index in [-0.39, 0.29) is 45.5 Å². The van der Waals surface area contributed by atoms with Crippen LogP contribution in [0.4, 0.5) is 28.7 Å². The zero-order valence-electron chi connectivity index (χ0n) is 17.3. The number of rotatable bonds is 3. The summed E-state index contributed by atoms with van der Waals surface area (Å²) < 4.78 is 46.0. The highest BCUT2D eigenvalue weighted by Crippen LogP contribution is 2.45. The Bertz CT molecular complexity index is 1610. The third kappa shape index (κ3) is 4.61. The second-order valence-electron chi connectivity index (χ2n) is 7.08. The van der Waals surface area contributed by atoms with Crippen LogP contribution in [0.1, 0.15) is 0 Å². The van der Waals surface area contributed by atoms with Crippen molar-refractivity contribution < 1.29 is 22.4 Å². The van der Waals surface area contributed by atoms with Crippen molar-refractivity contribution in [2.45, 2.75) is 4.90 Å². The molecule has 4 aromatic rings. The van der Waals surface area contributed by atoms with E-state index in [0.29, 0.717) is 22.8 Å². The maximum absolute atomic E-state index is 12.3. The Labute approximate surface area is 207 Å². The Kier molecular flexibility index (Phi) is 5.76. The van der Waals surface area contributed by atoms with Gasteiger partial charge in [-0.3, -0.25) is 4.55 Å². The fourth-order valence-electron chi connectivity index (χ4n) is 3.43. The van der Waals surface area contributed by atoms with E-state index in [1.807, 2.05) is 0 Å². The van der Waals surface area contributed by atoms with E-state index < -0.39 is 15.0 Å². The van der Waals surface area contributed by atoms with Gasteiger partial charge in [-0.15, -0.1) is 10.2 Å². The standard InChI is InChI=1S/C20H13Cl2N7O5S/c21-18-25-19(22)27-20(26-18)24-11-3-1-2-10-15(35(30,31)32)7-13-17(16(10)11)34-8-33-14-5-4-9(23)6-12(14)28-29-13/h1-7H,8,23H2,(H,30,31,32)(H,24,25,26,27). The van der Waals surface area contributed by atoms with Gasteiger partial charge in [0, 0.05) is 11.1 Å². The highest BCUT2D eigenvalue weighted by molar-refractivity contribution is 7.86. The number of nitrogens with two attached hydrogens (primary N) is 1. The van der Waals surface area contributed by atoms with Crippen molar-refractivity contribution >= 4 is 72.8 Å². The topological polar surface area (TPSA) is 174 Å². The molecule has 0 fully saturated rings. The number of ether oxygens (including phenoxy) is 2. The van der Waals surface area contributed by atoms with Gasteiger partial charge in [-0.1, -0.05) is 12.1 Å². The molecule has 0 saturated heterocycles. The molecule has 5 rings (SSSR count). The molecule has 0 aliphatic carbocycles. The highest BCUT2D eigenvalue weighted by Gasteiger charge is 2.24. The molecule has 0 saturated carbocycles. The van der Waals surface area contributed by atoms with Crippen LogP contribution < -0.4 is 20.5 Å². The molecule has 0 unspecified atom stereocenters. The van der Waals surface area contributed by atoms with Crippen LogP contribution in [0.2, 0.25) is 10.6 Å². The average Bonchev–Trinajstić information content (AvgIpc) is 2.86. The van der Waals surface area contributed by atoms with Crippen molar-refractivity contribution in [2.24, 2.45) is 10.2 Å². The van der Waals surface area contributed by atoms with Crippen LogP contribution in [0.15, 0.2) is 57.6 Å². The van der Waals surface area contributed by atoms with E-state index in [4.69, 9.17) is 38.4 Å². The predicted molar refractivity (Wildman–Crippen MR) is 128 cm³/mol. The summed E-state index contributed by atoms with van der Waals surface area (Å²) in [6.45, 7) is -0.271. The van der Waals surface area contributed by atoms with Crippen LogP contribution >= 0.6 is 23.2 Å². The Morgan fingerprint density at radius 1 is 0.971 bits per heavy atom. The SMILES string of the molecule is Nc1ccc2c(c1)N=Nc1cc(S(=O)(=O)O)c3cccc(Nc4nc(Cl)nc(Cl)n4)c3c1OCO2. The lowest BCUT2D eigenvalue weighted by molar-refractivity contribution is 0.123. The fourth-order valence-corrected chi connectivity index (χ4v) is 4.50. The molecule has 1 aliphatic rings. The smallest absolute Gasteiger partial charge is 0.295 e. The number of benzene rings is 3. The number of fused-ring (bicyclic) bond motifs is 4. The van der Waals surface area contributed by atoms with E-state index in [1.54, 1.807) is 24.3 Å². The number of hydrogen-bond donors (Lipinski definition) is 3. The summed E-state index contributed by atoms with van der Waals surface area (Å²) in [4.78, 5) is 11.2. The summed E-state index contributed by atoms with van der Waals surface area (Å²) in [5.74, 6) is 0.450. The van der Waals surface area contributed by atoms with Crippen LogP contribution in [-0.2, 0) is 10.1 Å². The number of nitrogens with one attached hydrogen (secondary N) is 1. The van der Waals surface area contributed by atoms with E-state index in [9.17, 15) is 13.0 Å². The van der Waals surface area contributed by atoms with E-state index >= 15 is 0 Å². The summed E-state index contributed by atoms with van der Waals surface area (Å²) >= 11 is 11.7. The molecule has 35 heavy (non-hydrogen) atoms. The largest absolute Gasteiger partial charge is 0.455 e. The summed E-state index contributed by atoms with van der Waals surface area (Å²) in [5, 5.41) is 11.3. The van der Waals surface area contributed by atoms with Crippen molar-refractivity contribution in [3.63, 3.8) is 0 Å². The lowest BCUT2D eigenvalue weighted by Gasteiger charge is -2.17. The quantitative estimate of drug-likeness (QED) is 0.238. The van der Waals surface area contributed by atoms with Gasteiger partial charge in [-0.2, -0.15) is 23.4 Å². The summed E-state index contributed by atoms with van der Waals surface area (Å²) in [7, 11) is -4.68. The second kappa shape index (κ2) is 8.78. The highest BCUT2D eigenvalue weighted by atomic mass is 35.5. The van der Waals surface area contributed by atoms with E-state index in [1.165, 1.54) is 12.1 Å². The Balaban J connectivity index is 1.76. The molecule has 15 heteroatoms. The molecular weight excluding hydrogens is 521 g/mol. The van der Waals surface area contributed by atoms with Gasteiger partial charge in [0.05, 0.1) is 11.1 Å². The van der Waals surface area contributed by atoms with Gasteiger partial charge >= 0.3 is 0 Å². The van der Waals surface area contributed by atoms with Crippen molar-refractivity contribution in [2.75, 3.05) is 17.8 Å². The molecule has 0 atom stereocenters. The lowest BCUT2D eigenvalue weighted by Crippen LogP contribution is -2.08. The van der Waals surface area contributed by atoms with Gasteiger partial charge in [0.2, 0.25) is 23.3 Å². The number of nitrogen functional groups attached to an aromatic ring is 1. The van der Waals surface area contributed by atoms with Gasteiger partial charge in [0.15, 0.2) is 11.5 Å². The first-order valence-electron chi connectivity index (χ1n) is 9.67. The summed E-state index contributed by atoms with van der Waals surface area (Å²) in [6, 6.07) is 10.6. The van der Waals surface area contributed by atoms with Crippen molar-refractivity contribution in [1.29, 1.82) is 0 Å². The van der Waals surface area contributed by atoms with Gasteiger partial charge in [-0.25, -0.2) is 0 Å². The molecular formula is C20H13Cl2N7O5S. The monoisotopic (exact) mass is 533 g/mol. The maximum Gasteiger partial charge on any atom is 0.295 e. The molecule has 1 aliphatic heterocycles. The van der Waals surface area contributed by atoms with Crippen molar-refractivity contribution in [3.05, 3.63) is 53.0 Å². The normalized spacial score (nSPS) is 13.0. The number of hydrogen-bond acceptors (Lipinski definition) is 11. The third-order valence-corrected chi connectivity index (χ3v) is 6.06. The Morgan fingerprint density at radius 3 is 2.46 bits per heavy atom. The van der Waals surface area contributed by atoms with Crippen molar-refractivity contribution in [3.8, 4) is 11.5 Å². The molecule has 0 radical (unpaired) electrons. The first-order chi connectivity index (χ1) is 16.7. The molecule has 3 aromatic carbocycles. The van der Waals surface area contributed by atoms with Gasteiger partial charge in [0.25, 0.3) is 10.1 Å². The summed E-state index contributed by atoms with van der Waals surface area (Å²) in [5.41, 5.74) is 6.85. The van der Waals surface area contributed by atoms with E-state index in [2.05, 4.69) is 30.5 Å². The summed E-state index contributed by atoms with van der Waals surface area (Å²) in [6.07, 6.45) is 0. The molecule has 0 spiro atoms. The molecule has 4 N–H and O–H groups in total. The average molecular weight is 534 g/mol. The Hall–Kier alpha value is -3.78. The number of halogens is 2. The third-order valence-electron chi connectivity index (χ3n) is 4.83. The molecule has 1 aromatic heterocycles. The first-order valence-corrected chi connectivity index (χ1v) is 11.9. The number of nitrogens with zero attached hydrogens (tertiary/aromatic N) is 5. The minimum Gasteiger partial charge on any atom is -0.455 e. The van der Waals surface area contributed by atoms with Crippen LogP contribution in [0.25, 0.3) is 10.8 Å². The van der Waals surface area contributed by atoms with Crippen LogP contribution in [0.3, 0.4) is 0 Å². The minimum atomic E-state index is -4.68. The van der Waals surface area contributed by atoms with Crippen LogP contribution in [0, 0.1) is 0 Å². The minimum absolute atomic E-state index is 0.00459. The number of aromatic nitrogens is 3. The number of azo groups is 1. The molecule has 0 amide bonds. The molecule has 2 heterocycles. The lowest BCUT2D eigenvalue weighted by atomic mass is 10.1. The zero-order chi connectivity index (χ0) is 24.7. The maximum atomic E-state index is 12.3.